The number of carboxylic acids is 2. The summed E-state index contributed by atoms with van der Waals surface area (Å²) in [6.07, 6.45) is -0.00734. The summed E-state index contributed by atoms with van der Waals surface area (Å²) in [6, 6.07) is 6.28. The minimum Gasteiger partial charge on any atom is -0.482 e. The predicted molar refractivity (Wildman–Crippen MR) is 67.7 cm³/mol. The van der Waals surface area contributed by atoms with Crippen molar-refractivity contribution in [2.24, 2.45) is 5.92 Å². The van der Waals surface area contributed by atoms with Gasteiger partial charge in [-0.05, 0) is 24.3 Å². The Kier molecular flexibility index (Phi) is 3.88. The lowest BCUT2D eigenvalue weighted by Crippen LogP contribution is -2.25. The van der Waals surface area contributed by atoms with Crippen molar-refractivity contribution in [2.45, 2.75) is 6.42 Å². The summed E-state index contributed by atoms with van der Waals surface area (Å²) in [6.45, 7) is -0.299. The number of aliphatic carboxylic acids is 2. The van der Waals surface area contributed by atoms with Crippen LogP contribution in [-0.4, -0.2) is 41.2 Å². The fourth-order valence-electron chi connectivity index (χ4n) is 1.99. The minimum absolute atomic E-state index is 0.00734. The maximum Gasteiger partial charge on any atom is 0.341 e. The molecule has 2 rings (SSSR count). The average molecular weight is 279 g/mol. The second kappa shape index (κ2) is 5.60. The van der Waals surface area contributed by atoms with Gasteiger partial charge in [0.2, 0.25) is 5.91 Å². The van der Waals surface area contributed by atoms with Gasteiger partial charge in [-0.25, -0.2) is 4.79 Å². The van der Waals surface area contributed by atoms with Crippen LogP contribution in [0.5, 0.6) is 5.75 Å². The zero-order valence-electron chi connectivity index (χ0n) is 10.5. The van der Waals surface area contributed by atoms with Crippen molar-refractivity contribution in [2.75, 3.05) is 18.1 Å². The molecule has 0 spiro atoms. The van der Waals surface area contributed by atoms with Crippen LogP contribution >= 0.6 is 0 Å². The second-order valence-corrected chi connectivity index (χ2v) is 4.42. The number of nitrogens with zero attached hydrogens (tertiary/aromatic N) is 1. The van der Waals surface area contributed by atoms with Crippen LogP contribution in [0.4, 0.5) is 5.69 Å². The van der Waals surface area contributed by atoms with E-state index in [4.69, 9.17) is 14.9 Å². The van der Waals surface area contributed by atoms with E-state index >= 15 is 0 Å². The molecule has 1 saturated heterocycles. The molecule has 1 aromatic carbocycles. The molecule has 1 aliphatic rings. The summed E-state index contributed by atoms with van der Waals surface area (Å²) in [4.78, 5) is 34.4. The van der Waals surface area contributed by atoms with Gasteiger partial charge in [0, 0.05) is 18.7 Å². The van der Waals surface area contributed by atoms with Crippen molar-refractivity contribution in [1.29, 1.82) is 0 Å². The number of carbonyl (C=O) groups excluding carboxylic acids is 1. The standard InChI is InChI=1S/C13H13NO6/c15-11-5-8(13(18)19)6-14(11)9-1-3-10(4-2-9)20-7-12(16)17/h1-4,8H,5-7H2,(H,16,17)(H,18,19)/t8-/m0/s1. The Morgan fingerprint density at radius 1 is 1.25 bits per heavy atom. The lowest BCUT2D eigenvalue weighted by Gasteiger charge is -2.16. The monoisotopic (exact) mass is 279 g/mol. The van der Waals surface area contributed by atoms with Crippen LogP contribution in [0, 0.1) is 5.92 Å². The Bertz CT molecular complexity index is 538. The Morgan fingerprint density at radius 2 is 1.90 bits per heavy atom. The molecule has 2 N–H and O–H groups in total. The SMILES string of the molecule is O=C(O)COc1ccc(N2C[C@@H](C(=O)O)CC2=O)cc1. The van der Waals surface area contributed by atoms with Gasteiger partial charge in [0.05, 0.1) is 5.92 Å². The molecule has 0 aromatic heterocycles. The number of carboxylic acid groups (broad SMARTS) is 2. The number of rotatable bonds is 5. The first-order valence-electron chi connectivity index (χ1n) is 5.95. The lowest BCUT2D eigenvalue weighted by molar-refractivity contribution is -0.141. The smallest absolute Gasteiger partial charge is 0.341 e. The number of anilines is 1. The van der Waals surface area contributed by atoms with Crippen LogP contribution < -0.4 is 9.64 Å². The normalized spacial score (nSPS) is 18.1. The van der Waals surface area contributed by atoms with Gasteiger partial charge >= 0.3 is 11.9 Å². The first-order valence-corrected chi connectivity index (χ1v) is 5.95. The fraction of sp³-hybridized carbons (Fsp3) is 0.308. The van der Waals surface area contributed by atoms with Gasteiger partial charge in [0.15, 0.2) is 6.61 Å². The van der Waals surface area contributed by atoms with E-state index in [2.05, 4.69) is 0 Å². The van der Waals surface area contributed by atoms with Crippen molar-refractivity contribution < 1.29 is 29.3 Å². The first-order chi connectivity index (χ1) is 9.47. The third-order valence-corrected chi connectivity index (χ3v) is 2.98. The molecule has 1 amide bonds. The zero-order valence-corrected chi connectivity index (χ0v) is 10.5. The number of hydrogen-bond donors (Lipinski definition) is 2. The topological polar surface area (TPSA) is 104 Å². The zero-order chi connectivity index (χ0) is 14.7. The van der Waals surface area contributed by atoms with Gasteiger partial charge in [0.25, 0.3) is 0 Å². The molecule has 1 aliphatic heterocycles. The van der Waals surface area contributed by atoms with Crippen molar-refractivity contribution in [3.63, 3.8) is 0 Å². The Morgan fingerprint density at radius 3 is 2.40 bits per heavy atom. The van der Waals surface area contributed by atoms with E-state index in [0.717, 1.165) is 0 Å². The van der Waals surface area contributed by atoms with Gasteiger partial charge < -0.3 is 19.8 Å². The van der Waals surface area contributed by atoms with E-state index in [-0.39, 0.29) is 18.9 Å². The van der Waals surface area contributed by atoms with Crippen molar-refractivity contribution >= 4 is 23.5 Å². The Hall–Kier alpha value is -2.57. The quantitative estimate of drug-likeness (QED) is 0.817. The summed E-state index contributed by atoms with van der Waals surface area (Å²) < 4.78 is 4.97. The van der Waals surface area contributed by atoms with Gasteiger partial charge in [0.1, 0.15) is 5.75 Å². The molecule has 20 heavy (non-hydrogen) atoms. The molecule has 1 aromatic rings. The van der Waals surface area contributed by atoms with Crippen LogP contribution in [0.2, 0.25) is 0 Å². The Labute approximate surface area is 114 Å². The molecule has 1 heterocycles. The third kappa shape index (κ3) is 3.05. The van der Waals surface area contributed by atoms with Gasteiger partial charge in [-0.1, -0.05) is 0 Å². The first kappa shape index (κ1) is 13.9. The number of ether oxygens (including phenoxy) is 1. The third-order valence-electron chi connectivity index (χ3n) is 2.98. The number of hydrogen-bond acceptors (Lipinski definition) is 4. The maximum absolute atomic E-state index is 11.7. The highest BCUT2D eigenvalue weighted by molar-refractivity contribution is 5.99. The van der Waals surface area contributed by atoms with E-state index in [1.54, 1.807) is 24.3 Å². The van der Waals surface area contributed by atoms with Crippen LogP contribution in [0.25, 0.3) is 0 Å². The van der Waals surface area contributed by atoms with Crippen LogP contribution in [0.1, 0.15) is 6.42 Å². The summed E-state index contributed by atoms with van der Waals surface area (Å²) in [5.41, 5.74) is 0.571. The van der Waals surface area contributed by atoms with E-state index in [0.29, 0.717) is 11.4 Å². The molecular formula is C13H13NO6. The van der Waals surface area contributed by atoms with E-state index in [1.165, 1.54) is 4.90 Å². The van der Waals surface area contributed by atoms with Crippen LogP contribution in [0.15, 0.2) is 24.3 Å². The molecule has 0 aliphatic carbocycles. The second-order valence-electron chi connectivity index (χ2n) is 4.42. The highest BCUT2D eigenvalue weighted by Gasteiger charge is 2.34. The van der Waals surface area contributed by atoms with E-state index in [9.17, 15) is 14.4 Å². The van der Waals surface area contributed by atoms with E-state index in [1.807, 2.05) is 0 Å². The minimum atomic E-state index is -1.08. The summed E-state index contributed by atoms with van der Waals surface area (Å²) in [7, 11) is 0. The number of amides is 1. The molecule has 0 unspecified atom stereocenters. The molecule has 1 fully saturated rings. The number of carbonyl (C=O) groups is 3. The largest absolute Gasteiger partial charge is 0.482 e. The molecule has 7 heteroatoms. The van der Waals surface area contributed by atoms with Gasteiger partial charge in [-0.2, -0.15) is 0 Å². The Balaban J connectivity index is 2.05. The molecule has 0 bridgehead atoms. The summed E-state index contributed by atoms with van der Waals surface area (Å²) >= 11 is 0. The molecule has 0 saturated carbocycles. The van der Waals surface area contributed by atoms with Crippen LogP contribution in [0.3, 0.4) is 0 Å². The molecule has 1 atom stereocenters. The molecule has 7 nitrogen and oxygen atoms in total. The predicted octanol–water partition coefficient (Wildman–Crippen LogP) is 0.587. The highest BCUT2D eigenvalue weighted by Crippen LogP contribution is 2.26. The highest BCUT2D eigenvalue weighted by atomic mass is 16.5. The van der Waals surface area contributed by atoms with Crippen molar-refractivity contribution in [3.8, 4) is 5.75 Å². The van der Waals surface area contributed by atoms with E-state index < -0.39 is 24.5 Å². The lowest BCUT2D eigenvalue weighted by atomic mass is 10.1. The summed E-state index contributed by atoms with van der Waals surface area (Å²) in [5, 5.41) is 17.4. The van der Waals surface area contributed by atoms with Crippen molar-refractivity contribution in [3.05, 3.63) is 24.3 Å². The molecular weight excluding hydrogens is 266 g/mol. The maximum atomic E-state index is 11.7. The average Bonchev–Trinajstić information content (AvgIpc) is 2.79. The molecule has 106 valence electrons. The number of benzene rings is 1. The van der Waals surface area contributed by atoms with Gasteiger partial charge in [-0.3, -0.25) is 9.59 Å². The molecule has 0 radical (unpaired) electrons. The summed E-state index contributed by atoms with van der Waals surface area (Å²) in [5.74, 6) is -2.62. The van der Waals surface area contributed by atoms with Gasteiger partial charge in [-0.15, -0.1) is 0 Å². The van der Waals surface area contributed by atoms with Crippen LogP contribution in [-0.2, 0) is 14.4 Å². The fourth-order valence-corrected chi connectivity index (χ4v) is 1.99. The van der Waals surface area contributed by atoms with Crippen molar-refractivity contribution in [1.82, 2.24) is 0 Å².